The second-order valence-electron chi connectivity index (χ2n) is 5.16. The number of hydrogen-bond acceptors (Lipinski definition) is 1. The molecule has 116 valence electrons. The van der Waals surface area contributed by atoms with Gasteiger partial charge in [-0.05, 0) is 12.8 Å². The minimum absolute atomic E-state index is 0.0649. The van der Waals surface area contributed by atoms with E-state index in [1.54, 1.807) is 6.92 Å². The van der Waals surface area contributed by atoms with Gasteiger partial charge in [0.2, 0.25) is 0 Å². The second-order valence-corrected chi connectivity index (χ2v) is 5.16. The maximum Gasteiger partial charge on any atom is 0.315 e. The standard InChI is InChI=1S/C14H26F4O/c1-3-5-7-8-10-13(15,16)14(17,18)12(11-19)9-6-4-2/h12,19H,3-11H2,1-2H3. The number of rotatable bonds is 11. The lowest BCUT2D eigenvalue weighted by Gasteiger charge is -2.32. The van der Waals surface area contributed by atoms with E-state index in [1.165, 1.54) is 0 Å². The molecule has 1 N–H and O–H groups in total. The molecule has 0 saturated carbocycles. The number of hydrogen-bond donors (Lipinski definition) is 1. The van der Waals surface area contributed by atoms with Crippen LogP contribution in [0.5, 0.6) is 0 Å². The van der Waals surface area contributed by atoms with Crippen LogP contribution in [0.15, 0.2) is 0 Å². The highest BCUT2D eigenvalue weighted by atomic mass is 19.3. The lowest BCUT2D eigenvalue weighted by atomic mass is 9.89. The summed E-state index contributed by atoms with van der Waals surface area (Å²) in [5, 5.41) is 8.95. The van der Waals surface area contributed by atoms with Crippen LogP contribution in [0.3, 0.4) is 0 Å². The van der Waals surface area contributed by atoms with E-state index in [9.17, 15) is 17.6 Å². The molecule has 19 heavy (non-hydrogen) atoms. The molecule has 0 bridgehead atoms. The lowest BCUT2D eigenvalue weighted by Crippen LogP contribution is -2.47. The Morgan fingerprint density at radius 2 is 1.47 bits per heavy atom. The molecule has 0 amide bonds. The molecule has 0 aromatic rings. The minimum Gasteiger partial charge on any atom is -0.396 e. The third-order valence-electron chi connectivity index (χ3n) is 3.47. The quantitative estimate of drug-likeness (QED) is 0.417. The Hall–Kier alpha value is -0.320. The average molecular weight is 286 g/mol. The fraction of sp³-hybridized carbons (Fsp3) is 1.00. The number of alkyl halides is 4. The van der Waals surface area contributed by atoms with E-state index in [1.807, 2.05) is 6.92 Å². The van der Waals surface area contributed by atoms with Crippen LogP contribution in [0.1, 0.15) is 65.2 Å². The van der Waals surface area contributed by atoms with E-state index in [2.05, 4.69) is 0 Å². The van der Waals surface area contributed by atoms with Crippen molar-refractivity contribution in [2.24, 2.45) is 5.92 Å². The van der Waals surface area contributed by atoms with Crippen molar-refractivity contribution in [2.75, 3.05) is 6.61 Å². The normalized spacial score (nSPS) is 14.7. The van der Waals surface area contributed by atoms with Gasteiger partial charge < -0.3 is 5.11 Å². The molecule has 0 rings (SSSR count). The van der Waals surface area contributed by atoms with Crippen LogP contribution >= 0.6 is 0 Å². The van der Waals surface area contributed by atoms with Gasteiger partial charge in [0.05, 0.1) is 12.5 Å². The number of aliphatic hydroxyl groups is 1. The van der Waals surface area contributed by atoms with Crippen LogP contribution in [-0.4, -0.2) is 23.6 Å². The molecule has 0 aliphatic heterocycles. The van der Waals surface area contributed by atoms with Gasteiger partial charge in [0.25, 0.3) is 0 Å². The van der Waals surface area contributed by atoms with Crippen LogP contribution in [0.25, 0.3) is 0 Å². The summed E-state index contributed by atoms with van der Waals surface area (Å²) in [6, 6.07) is 0. The first-order chi connectivity index (χ1) is 8.83. The molecule has 0 heterocycles. The highest BCUT2D eigenvalue weighted by Crippen LogP contribution is 2.44. The zero-order chi connectivity index (χ0) is 14.9. The van der Waals surface area contributed by atoms with E-state index in [0.717, 1.165) is 12.8 Å². The molecule has 0 radical (unpaired) electrons. The molecule has 0 aliphatic carbocycles. The van der Waals surface area contributed by atoms with Gasteiger partial charge in [-0.2, -0.15) is 17.6 Å². The predicted molar refractivity (Wildman–Crippen MR) is 68.8 cm³/mol. The third kappa shape index (κ3) is 5.67. The Balaban J connectivity index is 4.53. The Labute approximate surface area is 113 Å². The molecular weight excluding hydrogens is 260 g/mol. The summed E-state index contributed by atoms with van der Waals surface area (Å²) >= 11 is 0. The third-order valence-corrected chi connectivity index (χ3v) is 3.47. The van der Waals surface area contributed by atoms with Crippen molar-refractivity contribution < 1.29 is 22.7 Å². The molecule has 1 atom stereocenters. The lowest BCUT2D eigenvalue weighted by molar-refractivity contribution is -0.245. The highest BCUT2D eigenvalue weighted by molar-refractivity contribution is 4.90. The minimum atomic E-state index is -4.12. The van der Waals surface area contributed by atoms with E-state index in [0.29, 0.717) is 19.3 Å². The molecule has 0 aromatic heterocycles. The fourth-order valence-electron chi connectivity index (χ4n) is 2.08. The van der Waals surface area contributed by atoms with Crippen molar-refractivity contribution >= 4 is 0 Å². The van der Waals surface area contributed by atoms with Crippen molar-refractivity contribution in [1.82, 2.24) is 0 Å². The first kappa shape index (κ1) is 18.7. The molecule has 0 aromatic carbocycles. The fourth-order valence-corrected chi connectivity index (χ4v) is 2.08. The van der Waals surface area contributed by atoms with Gasteiger partial charge in [-0.15, -0.1) is 0 Å². The van der Waals surface area contributed by atoms with Gasteiger partial charge >= 0.3 is 11.8 Å². The van der Waals surface area contributed by atoms with Crippen LogP contribution < -0.4 is 0 Å². The number of halogens is 4. The molecule has 0 saturated heterocycles. The van der Waals surface area contributed by atoms with Crippen molar-refractivity contribution in [3.05, 3.63) is 0 Å². The van der Waals surface area contributed by atoms with Crippen LogP contribution in [0.4, 0.5) is 17.6 Å². The molecule has 1 unspecified atom stereocenters. The van der Waals surface area contributed by atoms with Crippen LogP contribution in [0, 0.1) is 5.92 Å². The Morgan fingerprint density at radius 3 is 1.95 bits per heavy atom. The summed E-state index contributed by atoms with van der Waals surface area (Å²) in [6.45, 7) is 2.84. The Kier molecular flexibility index (Phi) is 8.62. The smallest absolute Gasteiger partial charge is 0.315 e. The van der Waals surface area contributed by atoms with Gasteiger partial charge in [-0.25, -0.2) is 0 Å². The first-order valence-corrected chi connectivity index (χ1v) is 7.20. The van der Waals surface area contributed by atoms with Gasteiger partial charge in [0.15, 0.2) is 0 Å². The topological polar surface area (TPSA) is 20.2 Å². The second kappa shape index (κ2) is 8.77. The maximum absolute atomic E-state index is 13.8. The predicted octanol–water partition coefficient (Wildman–Crippen LogP) is 5.03. The van der Waals surface area contributed by atoms with Crippen molar-refractivity contribution in [3.63, 3.8) is 0 Å². The summed E-state index contributed by atoms with van der Waals surface area (Å²) in [5.74, 6) is -9.79. The molecular formula is C14H26F4O. The van der Waals surface area contributed by atoms with Crippen molar-refractivity contribution in [3.8, 4) is 0 Å². The molecule has 5 heteroatoms. The van der Waals surface area contributed by atoms with Gasteiger partial charge in [-0.1, -0.05) is 46.0 Å². The van der Waals surface area contributed by atoms with E-state index < -0.39 is 30.8 Å². The molecule has 0 spiro atoms. The summed E-state index contributed by atoms with van der Waals surface area (Å²) in [5.41, 5.74) is 0. The largest absolute Gasteiger partial charge is 0.396 e. The van der Waals surface area contributed by atoms with Gasteiger partial charge in [0, 0.05) is 6.42 Å². The maximum atomic E-state index is 13.8. The Morgan fingerprint density at radius 1 is 0.895 bits per heavy atom. The number of aliphatic hydroxyl groups excluding tert-OH is 1. The summed E-state index contributed by atoms with van der Waals surface area (Å²) < 4.78 is 54.8. The zero-order valence-corrected chi connectivity index (χ0v) is 11.9. The number of unbranched alkanes of at least 4 members (excludes halogenated alkanes) is 4. The van der Waals surface area contributed by atoms with Crippen LogP contribution in [0.2, 0.25) is 0 Å². The van der Waals surface area contributed by atoms with Crippen LogP contribution in [-0.2, 0) is 0 Å². The summed E-state index contributed by atoms with van der Waals surface area (Å²) in [4.78, 5) is 0. The molecule has 1 nitrogen and oxygen atoms in total. The van der Waals surface area contributed by atoms with Gasteiger partial charge in [0.1, 0.15) is 0 Å². The molecule has 0 fully saturated rings. The summed E-state index contributed by atoms with van der Waals surface area (Å²) in [7, 11) is 0. The van der Waals surface area contributed by atoms with E-state index >= 15 is 0 Å². The highest BCUT2D eigenvalue weighted by Gasteiger charge is 2.59. The summed E-state index contributed by atoms with van der Waals surface area (Å²) in [6.07, 6.45) is 2.50. The zero-order valence-electron chi connectivity index (χ0n) is 11.9. The SMILES string of the molecule is CCCCCCC(F)(F)C(F)(F)C(CO)CCCC. The van der Waals surface area contributed by atoms with Crippen molar-refractivity contribution in [1.29, 1.82) is 0 Å². The van der Waals surface area contributed by atoms with E-state index in [-0.39, 0.29) is 12.8 Å². The average Bonchev–Trinajstić information content (AvgIpc) is 2.35. The Bertz CT molecular complexity index is 231. The van der Waals surface area contributed by atoms with Crippen molar-refractivity contribution in [2.45, 2.75) is 77.1 Å². The first-order valence-electron chi connectivity index (χ1n) is 7.20. The van der Waals surface area contributed by atoms with Gasteiger partial charge in [-0.3, -0.25) is 0 Å². The monoisotopic (exact) mass is 286 g/mol. The van der Waals surface area contributed by atoms with E-state index in [4.69, 9.17) is 5.11 Å². The molecule has 0 aliphatic rings.